The molecule has 0 aliphatic rings. The van der Waals surface area contributed by atoms with Crippen molar-refractivity contribution in [3.63, 3.8) is 0 Å². The third-order valence-corrected chi connectivity index (χ3v) is 2.64. The van der Waals surface area contributed by atoms with E-state index in [1.807, 2.05) is 32.9 Å². The summed E-state index contributed by atoms with van der Waals surface area (Å²) >= 11 is 11.9. The van der Waals surface area contributed by atoms with Crippen molar-refractivity contribution in [3.05, 3.63) is 28.8 Å². The largest absolute Gasteiger partial charge is 0.489 e. The summed E-state index contributed by atoms with van der Waals surface area (Å²) in [6, 6.07) is 5.55. The van der Waals surface area contributed by atoms with Gasteiger partial charge in [-0.05, 0) is 26.8 Å². The summed E-state index contributed by atoms with van der Waals surface area (Å²) in [5, 5.41) is 0.582. The molecule has 1 aromatic carbocycles. The first-order valence-corrected chi connectivity index (χ1v) is 6.45. The first-order valence-electron chi connectivity index (χ1n) is 5.54. The molecule has 96 valence electrons. The Morgan fingerprint density at radius 3 is 2.47 bits per heavy atom. The van der Waals surface area contributed by atoms with Crippen molar-refractivity contribution in [2.75, 3.05) is 13.2 Å². The summed E-state index contributed by atoms with van der Waals surface area (Å²) in [6.07, 6.45) is 0. The van der Waals surface area contributed by atoms with Crippen LogP contribution in [0.3, 0.4) is 0 Å². The molecule has 0 atom stereocenters. The lowest BCUT2D eigenvalue weighted by atomic mass is 10.2. The van der Waals surface area contributed by atoms with Crippen molar-refractivity contribution in [1.82, 2.24) is 0 Å². The van der Waals surface area contributed by atoms with Gasteiger partial charge >= 0.3 is 0 Å². The molecule has 0 aliphatic heterocycles. The zero-order valence-corrected chi connectivity index (χ0v) is 11.9. The monoisotopic (exact) mass is 276 g/mol. The Balaban J connectivity index is 2.52. The van der Waals surface area contributed by atoms with Crippen LogP contribution >= 0.6 is 23.2 Å². The van der Waals surface area contributed by atoms with Crippen molar-refractivity contribution in [2.24, 2.45) is 0 Å². The number of halogens is 2. The van der Waals surface area contributed by atoms with Crippen molar-refractivity contribution < 1.29 is 9.47 Å². The second kappa shape index (κ2) is 6.48. The average molecular weight is 277 g/mol. The van der Waals surface area contributed by atoms with Crippen LogP contribution in [0.15, 0.2) is 18.2 Å². The van der Waals surface area contributed by atoms with Crippen LogP contribution in [0.4, 0.5) is 0 Å². The van der Waals surface area contributed by atoms with E-state index in [0.29, 0.717) is 29.9 Å². The normalized spacial score (nSPS) is 11.6. The Morgan fingerprint density at radius 1 is 1.18 bits per heavy atom. The van der Waals surface area contributed by atoms with E-state index >= 15 is 0 Å². The van der Waals surface area contributed by atoms with Gasteiger partial charge in [0, 0.05) is 5.56 Å². The quantitative estimate of drug-likeness (QED) is 0.591. The minimum Gasteiger partial charge on any atom is -0.489 e. The molecule has 0 heterocycles. The maximum absolute atomic E-state index is 6.05. The molecule has 0 radical (unpaired) electrons. The van der Waals surface area contributed by atoms with Gasteiger partial charge in [0.25, 0.3) is 0 Å². The Kier molecular flexibility index (Phi) is 5.57. The van der Waals surface area contributed by atoms with Gasteiger partial charge in [-0.2, -0.15) is 0 Å². The van der Waals surface area contributed by atoms with Crippen molar-refractivity contribution in [2.45, 2.75) is 32.3 Å². The van der Waals surface area contributed by atoms with Crippen LogP contribution in [0.5, 0.6) is 5.75 Å². The molecule has 4 heteroatoms. The summed E-state index contributed by atoms with van der Waals surface area (Å²) < 4.78 is 11.2. The van der Waals surface area contributed by atoms with Crippen LogP contribution in [0.1, 0.15) is 26.3 Å². The van der Waals surface area contributed by atoms with Gasteiger partial charge in [0.15, 0.2) is 0 Å². The number of para-hydroxylation sites is 1. The maximum Gasteiger partial charge on any atom is 0.142 e. The van der Waals surface area contributed by atoms with Gasteiger partial charge in [-0.25, -0.2) is 0 Å². The molecule has 0 saturated carbocycles. The van der Waals surface area contributed by atoms with E-state index in [1.54, 1.807) is 6.07 Å². The summed E-state index contributed by atoms with van der Waals surface area (Å²) in [7, 11) is 0. The van der Waals surface area contributed by atoms with E-state index in [-0.39, 0.29) is 5.60 Å². The van der Waals surface area contributed by atoms with Gasteiger partial charge in [0.1, 0.15) is 12.4 Å². The molecule has 2 nitrogen and oxygen atoms in total. The Morgan fingerprint density at radius 2 is 1.88 bits per heavy atom. The number of rotatable bonds is 5. The highest BCUT2D eigenvalue weighted by molar-refractivity contribution is 6.32. The van der Waals surface area contributed by atoms with E-state index in [1.165, 1.54) is 0 Å². The van der Waals surface area contributed by atoms with Gasteiger partial charge in [-0.15, -0.1) is 11.6 Å². The smallest absolute Gasteiger partial charge is 0.142 e. The van der Waals surface area contributed by atoms with Crippen molar-refractivity contribution >= 4 is 23.2 Å². The second-order valence-corrected chi connectivity index (χ2v) is 5.35. The first kappa shape index (κ1) is 14.6. The maximum atomic E-state index is 6.05. The SMILES string of the molecule is CC(C)(C)OCCOc1c(Cl)cccc1CCl. The number of ether oxygens (including phenoxy) is 2. The third kappa shape index (κ3) is 5.15. The lowest BCUT2D eigenvalue weighted by Gasteiger charge is -2.20. The fraction of sp³-hybridized carbons (Fsp3) is 0.538. The van der Waals surface area contributed by atoms with Crippen LogP contribution in [-0.4, -0.2) is 18.8 Å². The molecular formula is C13H18Cl2O2. The third-order valence-electron chi connectivity index (χ3n) is 2.06. The zero-order chi connectivity index (χ0) is 12.9. The van der Waals surface area contributed by atoms with Gasteiger partial charge in [-0.3, -0.25) is 0 Å². The molecule has 0 saturated heterocycles. The average Bonchev–Trinajstić information content (AvgIpc) is 2.24. The summed E-state index contributed by atoms with van der Waals surface area (Å²) in [6.45, 7) is 7.01. The number of hydrogen-bond donors (Lipinski definition) is 0. The summed E-state index contributed by atoms with van der Waals surface area (Å²) in [5.74, 6) is 1.04. The molecule has 0 N–H and O–H groups in total. The molecule has 0 spiro atoms. The molecule has 0 aromatic heterocycles. The standard InChI is InChI=1S/C13H18Cl2O2/c1-13(2,3)17-8-7-16-12-10(9-14)5-4-6-11(12)15/h4-6H,7-9H2,1-3H3. The first-order chi connectivity index (χ1) is 7.94. The predicted octanol–water partition coefficient (Wildman–Crippen LogP) is 4.27. The molecule has 0 fully saturated rings. The van der Waals surface area contributed by atoms with Crippen LogP contribution < -0.4 is 4.74 Å². The lowest BCUT2D eigenvalue weighted by molar-refractivity contribution is -0.0163. The van der Waals surface area contributed by atoms with Crippen molar-refractivity contribution in [1.29, 1.82) is 0 Å². The molecular weight excluding hydrogens is 259 g/mol. The highest BCUT2D eigenvalue weighted by Crippen LogP contribution is 2.29. The molecule has 0 bridgehead atoms. The van der Waals surface area contributed by atoms with Gasteiger partial charge in [0.2, 0.25) is 0 Å². The van der Waals surface area contributed by atoms with Gasteiger partial charge in [0.05, 0.1) is 23.1 Å². The predicted molar refractivity (Wildman–Crippen MR) is 72.2 cm³/mol. The number of benzene rings is 1. The Labute approximate surface area is 113 Å². The fourth-order valence-electron chi connectivity index (χ4n) is 1.31. The summed E-state index contributed by atoms with van der Waals surface area (Å²) in [5.41, 5.74) is 0.744. The van der Waals surface area contributed by atoms with Gasteiger partial charge in [-0.1, -0.05) is 23.7 Å². The second-order valence-electron chi connectivity index (χ2n) is 4.67. The highest BCUT2D eigenvalue weighted by Gasteiger charge is 2.11. The Bertz CT molecular complexity index is 359. The summed E-state index contributed by atoms with van der Waals surface area (Å²) in [4.78, 5) is 0. The van der Waals surface area contributed by atoms with E-state index in [9.17, 15) is 0 Å². The Hall–Kier alpha value is -0.440. The fourth-order valence-corrected chi connectivity index (χ4v) is 1.77. The topological polar surface area (TPSA) is 18.5 Å². The van der Waals surface area contributed by atoms with E-state index < -0.39 is 0 Å². The molecule has 0 unspecified atom stereocenters. The van der Waals surface area contributed by atoms with Crippen LogP contribution in [0.25, 0.3) is 0 Å². The van der Waals surface area contributed by atoms with E-state index in [0.717, 1.165) is 5.56 Å². The lowest BCUT2D eigenvalue weighted by Crippen LogP contribution is -2.22. The highest BCUT2D eigenvalue weighted by atomic mass is 35.5. The number of hydrogen-bond acceptors (Lipinski definition) is 2. The van der Waals surface area contributed by atoms with Crippen LogP contribution in [0.2, 0.25) is 5.02 Å². The van der Waals surface area contributed by atoms with Crippen molar-refractivity contribution in [3.8, 4) is 5.75 Å². The molecule has 0 aliphatic carbocycles. The number of alkyl halides is 1. The van der Waals surface area contributed by atoms with Crippen LogP contribution in [-0.2, 0) is 10.6 Å². The van der Waals surface area contributed by atoms with Crippen LogP contribution in [0, 0.1) is 0 Å². The van der Waals surface area contributed by atoms with Gasteiger partial charge < -0.3 is 9.47 Å². The zero-order valence-electron chi connectivity index (χ0n) is 10.4. The molecule has 1 aromatic rings. The molecule has 1 rings (SSSR count). The molecule has 17 heavy (non-hydrogen) atoms. The molecule has 0 amide bonds. The minimum absolute atomic E-state index is 0.154. The van der Waals surface area contributed by atoms with E-state index in [4.69, 9.17) is 32.7 Å². The van der Waals surface area contributed by atoms with E-state index in [2.05, 4.69) is 0 Å². The minimum atomic E-state index is -0.154.